The molecule has 0 fully saturated rings. The predicted octanol–water partition coefficient (Wildman–Crippen LogP) is 5.13. The molecule has 0 aliphatic carbocycles. The minimum atomic E-state index is 0.186. The van der Waals surface area contributed by atoms with Crippen molar-refractivity contribution in [2.24, 2.45) is 0 Å². The highest BCUT2D eigenvalue weighted by Crippen LogP contribution is 2.31. The zero-order valence-corrected chi connectivity index (χ0v) is 18.4. The molecule has 0 saturated heterocycles. The second kappa shape index (κ2) is 11.2. The van der Waals surface area contributed by atoms with Gasteiger partial charge in [-0.05, 0) is 56.6 Å². The smallest absolute Gasteiger partial charge is 0.160 e. The molecule has 0 saturated carbocycles. The molecular weight excluding hydrogens is 346 g/mol. The van der Waals surface area contributed by atoms with E-state index in [1.807, 2.05) is 0 Å². The lowest BCUT2D eigenvalue weighted by atomic mass is 9.96. The fraction of sp³-hybridized carbons (Fsp3) is 0.583. The number of anilines is 1. The lowest BCUT2D eigenvalue weighted by Crippen LogP contribution is -2.28. The van der Waals surface area contributed by atoms with E-state index in [2.05, 4.69) is 57.7 Å². The molecule has 0 amide bonds. The summed E-state index contributed by atoms with van der Waals surface area (Å²) in [5.41, 5.74) is 7.11. The van der Waals surface area contributed by atoms with Gasteiger partial charge in [-0.3, -0.25) is 0 Å². The number of aromatic nitrogens is 2. The van der Waals surface area contributed by atoms with Crippen LogP contribution < -0.4 is 4.90 Å². The number of nitrogens with zero attached hydrogens (tertiary/aromatic N) is 3. The molecule has 154 valence electrons. The fourth-order valence-corrected chi connectivity index (χ4v) is 3.98. The summed E-state index contributed by atoms with van der Waals surface area (Å²) in [6.07, 6.45) is 5.64. The number of aliphatic hydroxyl groups is 1. The molecule has 0 bridgehead atoms. The molecule has 0 aliphatic heterocycles. The molecule has 1 heterocycles. The highest BCUT2D eigenvalue weighted by atomic mass is 16.2. The Morgan fingerprint density at radius 2 is 1.54 bits per heavy atom. The van der Waals surface area contributed by atoms with Gasteiger partial charge in [0.15, 0.2) is 5.82 Å². The molecule has 4 nitrogen and oxygen atoms in total. The van der Waals surface area contributed by atoms with Crippen LogP contribution in [0.25, 0.3) is 11.4 Å². The quantitative estimate of drug-likeness (QED) is 0.584. The zero-order chi connectivity index (χ0) is 20.5. The molecule has 4 heteroatoms. The van der Waals surface area contributed by atoms with Gasteiger partial charge < -0.3 is 10.0 Å². The Labute approximate surface area is 171 Å². The van der Waals surface area contributed by atoms with Crippen molar-refractivity contribution in [1.82, 2.24) is 9.97 Å². The van der Waals surface area contributed by atoms with Crippen LogP contribution in [0.2, 0.25) is 0 Å². The molecule has 1 aromatic carbocycles. The first-order chi connectivity index (χ1) is 13.6. The van der Waals surface area contributed by atoms with Crippen molar-refractivity contribution in [2.75, 3.05) is 24.6 Å². The summed E-state index contributed by atoms with van der Waals surface area (Å²) in [5.74, 6) is 0.844. The van der Waals surface area contributed by atoms with E-state index in [1.54, 1.807) is 0 Å². The third-order valence-electron chi connectivity index (χ3n) is 5.23. The Morgan fingerprint density at radius 3 is 2.04 bits per heavy atom. The van der Waals surface area contributed by atoms with Gasteiger partial charge in [0, 0.05) is 25.3 Å². The third kappa shape index (κ3) is 5.11. The van der Waals surface area contributed by atoms with Gasteiger partial charge in [-0.15, -0.1) is 0 Å². The largest absolute Gasteiger partial charge is 0.396 e. The Kier molecular flexibility index (Phi) is 8.91. The summed E-state index contributed by atoms with van der Waals surface area (Å²) in [6, 6.07) is 6.52. The normalized spacial score (nSPS) is 11.1. The second-order valence-electron chi connectivity index (χ2n) is 7.40. The van der Waals surface area contributed by atoms with Gasteiger partial charge in [0.05, 0.1) is 17.1 Å². The summed E-state index contributed by atoms with van der Waals surface area (Å²) in [4.78, 5) is 12.5. The van der Waals surface area contributed by atoms with Crippen LogP contribution in [0.4, 0.5) is 5.69 Å². The Balaban J connectivity index is 2.65. The number of aryl methyl sites for hydroxylation is 4. The van der Waals surface area contributed by atoms with Crippen molar-refractivity contribution in [2.45, 2.75) is 73.1 Å². The lowest BCUT2D eigenvalue weighted by molar-refractivity contribution is 0.288. The Hall–Kier alpha value is -1.94. The third-order valence-corrected chi connectivity index (χ3v) is 5.23. The maximum atomic E-state index is 9.43. The van der Waals surface area contributed by atoms with Gasteiger partial charge in [0.1, 0.15) is 0 Å². The van der Waals surface area contributed by atoms with E-state index in [1.165, 1.54) is 22.4 Å². The average Bonchev–Trinajstić information content (AvgIpc) is 2.71. The molecule has 0 spiro atoms. The van der Waals surface area contributed by atoms with Crippen molar-refractivity contribution in [3.8, 4) is 11.4 Å². The standard InChI is InChI=1S/C24H37N3O/c1-6-15-27(16-7-2)23-18(5)25-24(26-21(23)14-11-17-28)22-19(8-3)12-10-13-20(22)9-4/h10,12-13,28H,6-9,11,14-17H2,1-5H3. The Morgan fingerprint density at radius 1 is 0.929 bits per heavy atom. The fourth-order valence-electron chi connectivity index (χ4n) is 3.98. The summed E-state index contributed by atoms with van der Waals surface area (Å²) in [6.45, 7) is 13.1. The highest BCUT2D eigenvalue weighted by molar-refractivity contribution is 5.68. The maximum Gasteiger partial charge on any atom is 0.160 e. The van der Waals surface area contributed by atoms with E-state index in [4.69, 9.17) is 9.97 Å². The first kappa shape index (κ1) is 22.4. The minimum absolute atomic E-state index is 0.186. The van der Waals surface area contributed by atoms with Gasteiger partial charge in [0.2, 0.25) is 0 Å². The van der Waals surface area contributed by atoms with E-state index >= 15 is 0 Å². The van der Waals surface area contributed by atoms with Crippen molar-refractivity contribution in [3.63, 3.8) is 0 Å². The highest BCUT2D eigenvalue weighted by Gasteiger charge is 2.20. The monoisotopic (exact) mass is 383 g/mol. The van der Waals surface area contributed by atoms with Gasteiger partial charge >= 0.3 is 0 Å². The molecule has 0 unspecified atom stereocenters. The summed E-state index contributed by atoms with van der Waals surface area (Å²) in [7, 11) is 0. The SMILES string of the molecule is CCCN(CCC)c1c(C)nc(-c2c(CC)cccc2CC)nc1CCCO. The number of aliphatic hydroxyl groups excluding tert-OH is 1. The van der Waals surface area contributed by atoms with Crippen molar-refractivity contribution < 1.29 is 5.11 Å². The van der Waals surface area contributed by atoms with Crippen LogP contribution in [-0.4, -0.2) is 34.8 Å². The van der Waals surface area contributed by atoms with Crippen LogP contribution in [0, 0.1) is 6.92 Å². The maximum absolute atomic E-state index is 9.43. The number of hydrogen-bond acceptors (Lipinski definition) is 4. The van der Waals surface area contributed by atoms with Gasteiger partial charge in [-0.2, -0.15) is 0 Å². The van der Waals surface area contributed by atoms with E-state index in [0.717, 1.165) is 68.8 Å². The van der Waals surface area contributed by atoms with Crippen LogP contribution in [0.3, 0.4) is 0 Å². The Bertz CT molecular complexity index is 730. The first-order valence-corrected chi connectivity index (χ1v) is 10.9. The van der Waals surface area contributed by atoms with Crippen LogP contribution in [0.5, 0.6) is 0 Å². The van der Waals surface area contributed by atoms with Crippen molar-refractivity contribution in [3.05, 3.63) is 40.7 Å². The van der Waals surface area contributed by atoms with Crippen molar-refractivity contribution >= 4 is 5.69 Å². The van der Waals surface area contributed by atoms with E-state index in [9.17, 15) is 5.11 Å². The second-order valence-corrected chi connectivity index (χ2v) is 7.40. The first-order valence-electron chi connectivity index (χ1n) is 10.9. The van der Waals surface area contributed by atoms with E-state index < -0.39 is 0 Å². The van der Waals surface area contributed by atoms with Gasteiger partial charge in [-0.25, -0.2) is 9.97 Å². The van der Waals surface area contributed by atoms with E-state index in [0.29, 0.717) is 0 Å². The zero-order valence-electron chi connectivity index (χ0n) is 18.4. The molecule has 2 aromatic rings. The summed E-state index contributed by atoms with van der Waals surface area (Å²) < 4.78 is 0. The lowest BCUT2D eigenvalue weighted by Gasteiger charge is -2.28. The molecule has 28 heavy (non-hydrogen) atoms. The summed E-state index contributed by atoms with van der Waals surface area (Å²) in [5, 5.41) is 9.43. The molecule has 1 N–H and O–H groups in total. The number of hydrogen-bond donors (Lipinski definition) is 1. The molecule has 0 radical (unpaired) electrons. The van der Waals surface area contributed by atoms with Crippen LogP contribution in [0.15, 0.2) is 18.2 Å². The predicted molar refractivity (Wildman–Crippen MR) is 119 cm³/mol. The van der Waals surface area contributed by atoms with Crippen LogP contribution >= 0.6 is 0 Å². The molecule has 2 rings (SSSR count). The van der Waals surface area contributed by atoms with Gasteiger partial charge in [0.25, 0.3) is 0 Å². The molecule has 0 aliphatic rings. The summed E-state index contributed by atoms with van der Waals surface area (Å²) >= 11 is 0. The number of benzene rings is 1. The van der Waals surface area contributed by atoms with E-state index in [-0.39, 0.29) is 6.61 Å². The molecule has 0 atom stereocenters. The minimum Gasteiger partial charge on any atom is -0.396 e. The van der Waals surface area contributed by atoms with Crippen LogP contribution in [-0.2, 0) is 19.3 Å². The van der Waals surface area contributed by atoms with Crippen molar-refractivity contribution in [1.29, 1.82) is 0 Å². The van der Waals surface area contributed by atoms with Crippen LogP contribution in [0.1, 0.15) is 69.5 Å². The number of rotatable bonds is 11. The molecular formula is C24H37N3O. The average molecular weight is 384 g/mol. The van der Waals surface area contributed by atoms with Gasteiger partial charge in [-0.1, -0.05) is 45.9 Å². The molecule has 1 aromatic heterocycles. The topological polar surface area (TPSA) is 49.2 Å².